The number of nitrogens with zero attached hydrogens (tertiary/aromatic N) is 2. The number of guanidine groups is 1. The number of aliphatic imine (C=N–C) groups is 1. The molecule has 1 aliphatic carbocycles. The fraction of sp³-hybridized carbons (Fsp3) is 0.294. The van der Waals surface area contributed by atoms with Crippen LogP contribution >= 0.6 is 0 Å². The van der Waals surface area contributed by atoms with E-state index < -0.39 is 11.7 Å². The zero-order valence-electron chi connectivity index (χ0n) is 12.8. The minimum atomic E-state index is -4.31. The molecule has 126 valence electrons. The lowest BCUT2D eigenvalue weighted by molar-refractivity contribution is -0.137. The van der Waals surface area contributed by atoms with E-state index in [1.807, 2.05) is 6.07 Å². The third-order valence-corrected chi connectivity index (χ3v) is 4.04. The number of pyridine rings is 1. The molecule has 0 unspecified atom stereocenters. The first kappa shape index (κ1) is 16.3. The fourth-order valence-electron chi connectivity index (χ4n) is 2.73. The number of nitrogens with one attached hydrogen (secondary N) is 1. The summed E-state index contributed by atoms with van der Waals surface area (Å²) < 4.78 is 38.3. The first-order chi connectivity index (χ1) is 11.4. The average molecular weight is 334 g/mol. The molecule has 0 amide bonds. The van der Waals surface area contributed by atoms with Gasteiger partial charge in [0, 0.05) is 6.20 Å². The highest BCUT2D eigenvalue weighted by Crippen LogP contribution is 2.40. The summed E-state index contributed by atoms with van der Waals surface area (Å²) in [4.78, 5) is 8.43. The predicted molar refractivity (Wildman–Crippen MR) is 86.7 cm³/mol. The van der Waals surface area contributed by atoms with E-state index in [1.54, 1.807) is 24.4 Å². The minimum Gasteiger partial charge on any atom is -0.370 e. The van der Waals surface area contributed by atoms with Crippen LogP contribution in [0, 0.1) is 0 Å². The number of rotatable bonds is 3. The van der Waals surface area contributed by atoms with E-state index in [-0.39, 0.29) is 17.9 Å². The minimum absolute atomic E-state index is 0.0146. The van der Waals surface area contributed by atoms with Crippen molar-refractivity contribution in [3.8, 4) is 0 Å². The number of hydrogen-bond acceptors (Lipinski definition) is 2. The van der Waals surface area contributed by atoms with Crippen molar-refractivity contribution in [1.82, 2.24) is 4.98 Å². The maximum atomic E-state index is 12.8. The molecule has 3 N–H and O–H groups in total. The van der Waals surface area contributed by atoms with Crippen molar-refractivity contribution in [1.29, 1.82) is 0 Å². The third-order valence-electron chi connectivity index (χ3n) is 4.04. The second-order valence-corrected chi connectivity index (χ2v) is 5.80. The largest absolute Gasteiger partial charge is 0.416 e. The van der Waals surface area contributed by atoms with Gasteiger partial charge in [-0.25, -0.2) is 9.98 Å². The van der Waals surface area contributed by atoms with Crippen molar-refractivity contribution in [2.75, 3.05) is 5.32 Å². The molecule has 0 saturated heterocycles. The second kappa shape index (κ2) is 6.51. The van der Waals surface area contributed by atoms with Gasteiger partial charge < -0.3 is 11.1 Å². The molecular weight excluding hydrogens is 317 g/mol. The number of hydrogen-bond donors (Lipinski definition) is 2. The van der Waals surface area contributed by atoms with Crippen LogP contribution in [0.25, 0.3) is 0 Å². The number of nitrogens with two attached hydrogens (primary N) is 1. The summed E-state index contributed by atoms with van der Waals surface area (Å²) in [6, 6.07) is 10.9. The molecule has 1 heterocycles. The van der Waals surface area contributed by atoms with E-state index in [0.717, 1.165) is 6.07 Å². The van der Waals surface area contributed by atoms with Gasteiger partial charge in [0.25, 0.3) is 0 Å². The molecule has 0 bridgehead atoms. The summed E-state index contributed by atoms with van der Waals surface area (Å²) in [7, 11) is 0. The summed E-state index contributed by atoms with van der Waals surface area (Å²) in [5.41, 5.74) is 5.92. The van der Waals surface area contributed by atoms with E-state index in [9.17, 15) is 13.2 Å². The van der Waals surface area contributed by atoms with Crippen LogP contribution in [0.3, 0.4) is 0 Å². The van der Waals surface area contributed by atoms with Gasteiger partial charge >= 0.3 is 6.18 Å². The maximum Gasteiger partial charge on any atom is 0.416 e. The lowest BCUT2D eigenvalue weighted by atomic mass is 9.76. The average Bonchev–Trinajstić information content (AvgIpc) is 2.51. The smallest absolute Gasteiger partial charge is 0.370 e. The first-order valence-corrected chi connectivity index (χ1v) is 7.60. The van der Waals surface area contributed by atoms with Crippen molar-refractivity contribution in [3.05, 3.63) is 59.8 Å². The normalized spacial score (nSPS) is 21.2. The van der Waals surface area contributed by atoms with E-state index in [2.05, 4.69) is 15.3 Å². The molecule has 2 aromatic rings. The highest BCUT2D eigenvalue weighted by molar-refractivity contribution is 5.91. The zero-order valence-corrected chi connectivity index (χ0v) is 12.8. The molecule has 1 saturated carbocycles. The third kappa shape index (κ3) is 3.84. The van der Waals surface area contributed by atoms with Gasteiger partial charge in [0.1, 0.15) is 5.82 Å². The molecule has 3 rings (SSSR count). The molecule has 0 aliphatic heterocycles. The van der Waals surface area contributed by atoms with Gasteiger partial charge in [-0.1, -0.05) is 24.3 Å². The Balaban J connectivity index is 1.58. The Morgan fingerprint density at radius 3 is 2.62 bits per heavy atom. The second-order valence-electron chi connectivity index (χ2n) is 5.80. The Labute approximate surface area is 137 Å². The first-order valence-electron chi connectivity index (χ1n) is 7.60. The highest BCUT2D eigenvalue weighted by atomic mass is 19.4. The van der Waals surface area contributed by atoms with E-state index >= 15 is 0 Å². The van der Waals surface area contributed by atoms with Crippen molar-refractivity contribution in [2.24, 2.45) is 10.7 Å². The van der Waals surface area contributed by atoms with Crippen molar-refractivity contribution in [2.45, 2.75) is 31.0 Å². The van der Waals surface area contributed by atoms with Gasteiger partial charge in [-0.2, -0.15) is 13.2 Å². The standard InChI is InChI=1S/C17H17F3N4/c18-17(19,20)13-5-3-4-11(8-13)12-9-14(10-12)23-16(21)24-15-6-1-2-7-22-15/h1-8,12,14H,9-10H2,(H3,21,22,23,24). The molecule has 4 nitrogen and oxygen atoms in total. The Morgan fingerprint density at radius 2 is 1.96 bits per heavy atom. The Kier molecular flexibility index (Phi) is 4.42. The summed E-state index contributed by atoms with van der Waals surface area (Å²) in [5.74, 6) is 0.956. The molecule has 0 atom stereocenters. The van der Waals surface area contributed by atoms with Gasteiger partial charge in [-0.15, -0.1) is 0 Å². The van der Waals surface area contributed by atoms with Crippen LogP contribution in [0.15, 0.2) is 53.7 Å². The molecule has 1 aromatic carbocycles. The fourth-order valence-corrected chi connectivity index (χ4v) is 2.73. The molecule has 0 radical (unpaired) electrons. The number of aromatic nitrogens is 1. The number of anilines is 1. The van der Waals surface area contributed by atoms with Gasteiger partial charge in [-0.05, 0) is 42.5 Å². The molecule has 1 fully saturated rings. The van der Waals surface area contributed by atoms with Crippen molar-refractivity contribution in [3.63, 3.8) is 0 Å². The SMILES string of the molecule is NC(=NC1CC(c2cccc(C(F)(F)F)c2)C1)Nc1ccccn1. The quantitative estimate of drug-likeness (QED) is 0.663. The monoisotopic (exact) mass is 334 g/mol. The topological polar surface area (TPSA) is 63.3 Å². The Morgan fingerprint density at radius 1 is 1.17 bits per heavy atom. The van der Waals surface area contributed by atoms with Crippen molar-refractivity contribution < 1.29 is 13.2 Å². The van der Waals surface area contributed by atoms with Gasteiger partial charge in [-0.3, -0.25) is 0 Å². The molecule has 1 aromatic heterocycles. The van der Waals surface area contributed by atoms with Crippen LogP contribution in [-0.4, -0.2) is 17.0 Å². The molecule has 24 heavy (non-hydrogen) atoms. The van der Waals surface area contributed by atoms with Crippen LogP contribution in [-0.2, 0) is 6.18 Å². The van der Waals surface area contributed by atoms with E-state index in [4.69, 9.17) is 5.73 Å². The van der Waals surface area contributed by atoms with Gasteiger partial charge in [0.2, 0.25) is 0 Å². The van der Waals surface area contributed by atoms with Gasteiger partial charge in [0.15, 0.2) is 5.96 Å². The summed E-state index contributed by atoms with van der Waals surface area (Å²) in [5, 5.41) is 2.89. The maximum absolute atomic E-state index is 12.8. The number of halogens is 3. The van der Waals surface area contributed by atoms with Crippen LogP contribution < -0.4 is 11.1 Å². The zero-order chi connectivity index (χ0) is 17.2. The van der Waals surface area contributed by atoms with Crippen LogP contribution in [0.2, 0.25) is 0 Å². The summed E-state index contributed by atoms with van der Waals surface area (Å²) in [6.07, 6.45) is -1.30. The van der Waals surface area contributed by atoms with Gasteiger partial charge in [0.05, 0.1) is 11.6 Å². The highest BCUT2D eigenvalue weighted by Gasteiger charge is 2.34. The molecule has 7 heteroatoms. The molecule has 0 spiro atoms. The lowest BCUT2D eigenvalue weighted by Gasteiger charge is -2.33. The van der Waals surface area contributed by atoms with Crippen LogP contribution in [0.5, 0.6) is 0 Å². The summed E-state index contributed by atoms with van der Waals surface area (Å²) in [6.45, 7) is 0. The van der Waals surface area contributed by atoms with Crippen LogP contribution in [0.1, 0.15) is 29.9 Å². The number of alkyl halides is 3. The van der Waals surface area contributed by atoms with E-state index in [0.29, 0.717) is 24.2 Å². The van der Waals surface area contributed by atoms with Crippen molar-refractivity contribution >= 4 is 11.8 Å². The van der Waals surface area contributed by atoms with Crippen LogP contribution in [0.4, 0.5) is 19.0 Å². The molecule has 1 aliphatic rings. The Hall–Kier alpha value is -2.57. The molecular formula is C17H17F3N4. The van der Waals surface area contributed by atoms with E-state index in [1.165, 1.54) is 12.1 Å². The number of benzene rings is 1. The Bertz CT molecular complexity index is 722. The predicted octanol–water partition coefficient (Wildman–Crippen LogP) is 3.77. The lowest BCUT2D eigenvalue weighted by Crippen LogP contribution is -2.31. The summed E-state index contributed by atoms with van der Waals surface area (Å²) >= 11 is 0.